The largest absolute Gasteiger partial charge is 0.281 e. The normalized spacial score (nSPS) is 10.1. The van der Waals surface area contributed by atoms with Crippen LogP contribution in [-0.4, -0.2) is 11.0 Å². The highest BCUT2D eigenvalue weighted by atomic mass is 35.5. The first-order valence-corrected chi connectivity index (χ1v) is 6.00. The van der Waals surface area contributed by atoms with E-state index in [1.807, 2.05) is 24.3 Å². The van der Waals surface area contributed by atoms with Crippen molar-refractivity contribution in [3.8, 4) is 0 Å². The molecule has 0 radical (unpaired) electrons. The van der Waals surface area contributed by atoms with Gasteiger partial charge in [-0.3, -0.25) is 4.79 Å². The molecule has 0 unspecified atom stereocenters. The summed E-state index contributed by atoms with van der Waals surface area (Å²) in [6, 6.07) is 7.67. The van der Waals surface area contributed by atoms with E-state index in [2.05, 4.69) is 0 Å². The van der Waals surface area contributed by atoms with Crippen LogP contribution in [0.5, 0.6) is 0 Å². The molecule has 0 aliphatic rings. The maximum Gasteiger partial charge on any atom is 0.221 e. The molecule has 1 nitrogen and oxygen atoms in total. The van der Waals surface area contributed by atoms with E-state index < -0.39 is 0 Å². The highest BCUT2D eigenvalue weighted by molar-refractivity contribution is 7.99. The van der Waals surface area contributed by atoms with Crippen LogP contribution in [0.4, 0.5) is 0 Å². The number of thioether (sulfide) groups is 1. The molecule has 76 valence electrons. The SMILES string of the molecule is O=C(Cl)CCCSc1ccccc1Cl. The zero-order valence-electron chi connectivity index (χ0n) is 7.50. The molecular formula is C10H10Cl2OS. The van der Waals surface area contributed by atoms with Crippen molar-refractivity contribution >= 4 is 40.2 Å². The molecule has 0 N–H and O–H groups in total. The Morgan fingerprint density at radius 2 is 2.07 bits per heavy atom. The summed E-state index contributed by atoms with van der Waals surface area (Å²) in [5, 5.41) is 0.486. The molecule has 0 aliphatic heterocycles. The molecule has 1 aromatic carbocycles. The number of hydrogen-bond donors (Lipinski definition) is 0. The van der Waals surface area contributed by atoms with Gasteiger partial charge in [0, 0.05) is 11.3 Å². The van der Waals surface area contributed by atoms with E-state index in [0.717, 1.165) is 22.1 Å². The summed E-state index contributed by atoms with van der Waals surface area (Å²) in [4.78, 5) is 11.5. The minimum Gasteiger partial charge on any atom is -0.281 e. The van der Waals surface area contributed by atoms with Gasteiger partial charge >= 0.3 is 0 Å². The van der Waals surface area contributed by atoms with Crippen molar-refractivity contribution in [2.75, 3.05) is 5.75 Å². The van der Waals surface area contributed by atoms with E-state index in [9.17, 15) is 4.79 Å². The van der Waals surface area contributed by atoms with Crippen molar-refractivity contribution in [1.29, 1.82) is 0 Å². The van der Waals surface area contributed by atoms with Crippen LogP contribution in [0.15, 0.2) is 29.2 Å². The quantitative estimate of drug-likeness (QED) is 0.446. The molecule has 0 saturated heterocycles. The molecule has 0 saturated carbocycles. The minimum atomic E-state index is -0.273. The zero-order chi connectivity index (χ0) is 10.4. The lowest BCUT2D eigenvalue weighted by atomic mass is 10.4. The Morgan fingerprint density at radius 3 is 2.71 bits per heavy atom. The zero-order valence-corrected chi connectivity index (χ0v) is 9.83. The van der Waals surface area contributed by atoms with Gasteiger partial charge < -0.3 is 0 Å². The van der Waals surface area contributed by atoms with Crippen molar-refractivity contribution in [3.63, 3.8) is 0 Å². The number of rotatable bonds is 5. The molecule has 0 fully saturated rings. The fourth-order valence-corrected chi connectivity index (χ4v) is 2.28. The van der Waals surface area contributed by atoms with Crippen LogP contribution in [0, 0.1) is 0 Å². The van der Waals surface area contributed by atoms with E-state index in [1.54, 1.807) is 11.8 Å². The van der Waals surface area contributed by atoms with Crippen LogP contribution >= 0.6 is 35.0 Å². The summed E-state index contributed by atoms with van der Waals surface area (Å²) in [5.41, 5.74) is 0. The summed E-state index contributed by atoms with van der Waals surface area (Å²) in [6.45, 7) is 0. The van der Waals surface area contributed by atoms with Crippen LogP contribution in [0.3, 0.4) is 0 Å². The Kier molecular flexibility index (Phi) is 5.38. The first-order chi connectivity index (χ1) is 6.70. The number of halogens is 2. The fraction of sp³-hybridized carbons (Fsp3) is 0.300. The van der Waals surface area contributed by atoms with E-state index in [-0.39, 0.29) is 5.24 Å². The summed E-state index contributed by atoms with van der Waals surface area (Å²) in [6.07, 6.45) is 1.22. The van der Waals surface area contributed by atoms with Gasteiger partial charge in [-0.15, -0.1) is 11.8 Å². The molecule has 1 rings (SSSR count). The van der Waals surface area contributed by atoms with Crippen LogP contribution < -0.4 is 0 Å². The predicted octanol–water partition coefficient (Wildman–Crippen LogP) is 3.98. The summed E-state index contributed by atoms with van der Waals surface area (Å²) < 4.78 is 0. The molecule has 0 spiro atoms. The van der Waals surface area contributed by atoms with Gasteiger partial charge in [0.15, 0.2) is 0 Å². The average Bonchev–Trinajstić information content (AvgIpc) is 2.15. The summed E-state index contributed by atoms with van der Waals surface area (Å²) >= 11 is 12.8. The Balaban J connectivity index is 2.31. The first-order valence-electron chi connectivity index (χ1n) is 4.26. The van der Waals surface area contributed by atoms with Crippen molar-refractivity contribution in [2.24, 2.45) is 0 Å². The molecule has 0 aliphatic carbocycles. The third-order valence-corrected chi connectivity index (χ3v) is 3.40. The average molecular weight is 249 g/mol. The van der Waals surface area contributed by atoms with Gasteiger partial charge in [-0.05, 0) is 35.9 Å². The second-order valence-electron chi connectivity index (χ2n) is 2.74. The van der Waals surface area contributed by atoms with Crippen LogP contribution in [0.1, 0.15) is 12.8 Å². The van der Waals surface area contributed by atoms with Gasteiger partial charge in [0.05, 0.1) is 5.02 Å². The number of carbonyl (C=O) groups excluding carboxylic acids is 1. The number of carbonyl (C=O) groups is 1. The lowest BCUT2D eigenvalue weighted by Crippen LogP contribution is -1.88. The van der Waals surface area contributed by atoms with E-state index >= 15 is 0 Å². The lowest BCUT2D eigenvalue weighted by Gasteiger charge is -2.01. The Morgan fingerprint density at radius 1 is 1.36 bits per heavy atom. The molecule has 0 aromatic heterocycles. The monoisotopic (exact) mass is 248 g/mol. The van der Waals surface area contributed by atoms with E-state index in [1.165, 1.54) is 0 Å². The minimum absolute atomic E-state index is 0.273. The number of hydrogen-bond acceptors (Lipinski definition) is 2. The van der Waals surface area contributed by atoms with Gasteiger partial charge in [0.2, 0.25) is 5.24 Å². The van der Waals surface area contributed by atoms with Gasteiger partial charge in [-0.2, -0.15) is 0 Å². The maximum atomic E-state index is 10.5. The lowest BCUT2D eigenvalue weighted by molar-refractivity contribution is -0.111. The summed E-state index contributed by atoms with van der Waals surface area (Å²) in [7, 11) is 0. The Bertz CT molecular complexity index is 315. The maximum absolute atomic E-state index is 10.5. The Labute approximate surface area is 97.8 Å². The van der Waals surface area contributed by atoms with Gasteiger partial charge in [0.25, 0.3) is 0 Å². The molecule has 1 aromatic rings. The topological polar surface area (TPSA) is 17.1 Å². The third-order valence-electron chi connectivity index (χ3n) is 1.61. The molecule has 0 amide bonds. The highest BCUT2D eigenvalue weighted by Crippen LogP contribution is 2.27. The van der Waals surface area contributed by atoms with Gasteiger partial charge in [0.1, 0.15) is 0 Å². The molecule has 0 atom stereocenters. The van der Waals surface area contributed by atoms with Crippen molar-refractivity contribution < 1.29 is 4.79 Å². The van der Waals surface area contributed by atoms with Gasteiger partial charge in [-0.1, -0.05) is 23.7 Å². The Hall–Kier alpha value is -0.180. The molecule has 0 heterocycles. The van der Waals surface area contributed by atoms with E-state index in [0.29, 0.717) is 6.42 Å². The molecule has 4 heteroatoms. The molecule has 14 heavy (non-hydrogen) atoms. The van der Waals surface area contributed by atoms with Crippen molar-refractivity contribution in [1.82, 2.24) is 0 Å². The fourth-order valence-electron chi connectivity index (χ4n) is 0.955. The van der Waals surface area contributed by atoms with Crippen molar-refractivity contribution in [2.45, 2.75) is 17.7 Å². The van der Waals surface area contributed by atoms with Crippen LogP contribution in [0.25, 0.3) is 0 Å². The smallest absolute Gasteiger partial charge is 0.221 e. The number of benzene rings is 1. The second-order valence-corrected chi connectivity index (χ2v) is 4.70. The van der Waals surface area contributed by atoms with Crippen LogP contribution in [-0.2, 0) is 4.79 Å². The first kappa shape index (κ1) is 11.9. The standard InChI is InChI=1S/C10H10Cl2OS/c11-8-4-1-2-5-9(8)14-7-3-6-10(12)13/h1-2,4-5H,3,6-7H2. The van der Waals surface area contributed by atoms with Crippen LogP contribution in [0.2, 0.25) is 5.02 Å². The highest BCUT2D eigenvalue weighted by Gasteiger charge is 2.00. The van der Waals surface area contributed by atoms with E-state index in [4.69, 9.17) is 23.2 Å². The molecular weight excluding hydrogens is 239 g/mol. The predicted molar refractivity (Wildman–Crippen MR) is 62.3 cm³/mol. The van der Waals surface area contributed by atoms with Crippen molar-refractivity contribution in [3.05, 3.63) is 29.3 Å². The second kappa shape index (κ2) is 6.33. The third kappa shape index (κ3) is 4.36. The summed E-state index contributed by atoms with van der Waals surface area (Å²) in [5.74, 6) is 0.863. The molecule has 0 bridgehead atoms. The van der Waals surface area contributed by atoms with Gasteiger partial charge in [-0.25, -0.2) is 0 Å².